The average molecular weight is 288 g/mol. The van der Waals surface area contributed by atoms with Gasteiger partial charge in [-0.1, -0.05) is 36.4 Å². The van der Waals surface area contributed by atoms with E-state index in [0.29, 0.717) is 12.2 Å². The number of urea groups is 1. The number of amides is 2. The van der Waals surface area contributed by atoms with Crippen molar-refractivity contribution < 1.29 is 14.3 Å². The van der Waals surface area contributed by atoms with Crippen molar-refractivity contribution in [2.75, 3.05) is 18.5 Å². The fraction of sp³-hybridized carbons (Fsp3) is 0.188. The number of carbonyl (C=O) groups is 1. The van der Waals surface area contributed by atoms with Crippen molar-refractivity contribution >= 4 is 11.7 Å². The van der Waals surface area contributed by atoms with Gasteiger partial charge in [-0.3, -0.25) is 0 Å². The Morgan fingerprint density at radius 1 is 1.14 bits per heavy atom. The summed E-state index contributed by atoms with van der Waals surface area (Å²) in [7, 11) is 0. The molecule has 0 saturated heterocycles. The van der Waals surface area contributed by atoms with Crippen molar-refractivity contribution in [3.8, 4) is 0 Å². The van der Waals surface area contributed by atoms with Gasteiger partial charge in [0.1, 0.15) is 5.82 Å². The Labute approximate surface area is 122 Å². The van der Waals surface area contributed by atoms with Crippen molar-refractivity contribution in [1.29, 1.82) is 0 Å². The minimum atomic E-state index is -0.412. The molecule has 0 spiro atoms. The number of rotatable bonds is 5. The maximum atomic E-state index is 13.1. The van der Waals surface area contributed by atoms with E-state index in [2.05, 4.69) is 5.32 Å². The summed E-state index contributed by atoms with van der Waals surface area (Å²) in [5, 5.41) is 11.7. The van der Waals surface area contributed by atoms with E-state index < -0.39 is 5.82 Å². The van der Waals surface area contributed by atoms with Crippen LogP contribution in [0.15, 0.2) is 54.6 Å². The van der Waals surface area contributed by atoms with Crippen molar-refractivity contribution in [3.63, 3.8) is 0 Å². The van der Waals surface area contributed by atoms with Crippen LogP contribution >= 0.6 is 0 Å². The number of nitrogens with one attached hydrogen (secondary N) is 1. The topological polar surface area (TPSA) is 52.6 Å². The Kier molecular flexibility index (Phi) is 5.29. The zero-order valence-electron chi connectivity index (χ0n) is 11.5. The van der Waals surface area contributed by atoms with Crippen molar-refractivity contribution in [3.05, 3.63) is 66.0 Å². The molecule has 0 aromatic heterocycles. The first kappa shape index (κ1) is 15.0. The molecule has 2 aromatic carbocycles. The second-order valence-corrected chi connectivity index (χ2v) is 4.57. The van der Waals surface area contributed by atoms with Crippen LogP contribution in [0.2, 0.25) is 0 Å². The maximum absolute atomic E-state index is 13.1. The first-order valence-corrected chi connectivity index (χ1v) is 6.65. The zero-order valence-corrected chi connectivity index (χ0v) is 11.5. The van der Waals surface area contributed by atoms with Gasteiger partial charge in [0.05, 0.1) is 6.61 Å². The average Bonchev–Trinajstić information content (AvgIpc) is 2.48. The van der Waals surface area contributed by atoms with Crippen molar-refractivity contribution in [2.24, 2.45) is 0 Å². The van der Waals surface area contributed by atoms with Gasteiger partial charge in [-0.25, -0.2) is 9.18 Å². The zero-order chi connectivity index (χ0) is 15.1. The van der Waals surface area contributed by atoms with Crippen LogP contribution in [0, 0.1) is 5.82 Å². The summed E-state index contributed by atoms with van der Waals surface area (Å²) in [4.78, 5) is 13.7. The van der Waals surface area contributed by atoms with E-state index >= 15 is 0 Å². The van der Waals surface area contributed by atoms with Gasteiger partial charge >= 0.3 is 6.03 Å². The number of nitrogens with zero attached hydrogens (tertiary/aromatic N) is 1. The number of carbonyl (C=O) groups excluding carboxylic acids is 1. The highest BCUT2D eigenvalue weighted by atomic mass is 19.1. The van der Waals surface area contributed by atoms with Crippen LogP contribution in [0.1, 0.15) is 5.56 Å². The molecule has 0 fully saturated rings. The normalized spacial score (nSPS) is 10.2. The summed E-state index contributed by atoms with van der Waals surface area (Å²) in [6.07, 6.45) is 0. The third-order valence-electron chi connectivity index (χ3n) is 2.95. The van der Waals surface area contributed by atoms with Crippen LogP contribution in [0.5, 0.6) is 0 Å². The predicted octanol–water partition coefficient (Wildman–Crippen LogP) is 2.85. The Bertz CT molecular complexity index is 590. The van der Waals surface area contributed by atoms with Crippen LogP contribution < -0.4 is 5.32 Å². The SMILES string of the molecule is O=C(Nc1cccc(F)c1)N(CCO)Cc1ccccc1. The standard InChI is InChI=1S/C16H17FN2O2/c17-14-7-4-8-15(11-14)18-16(21)19(9-10-20)12-13-5-2-1-3-6-13/h1-8,11,20H,9-10,12H2,(H,18,21). The number of hydrogen-bond donors (Lipinski definition) is 2. The van der Waals surface area contributed by atoms with Gasteiger partial charge in [0.2, 0.25) is 0 Å². The fourth-order valence-corrected chi connectivity index (χ4v) is 1.95. The summed E-state index contributed by atoms with van der Waals surface area (Å²) in [5.41, 5.74) is 1.34. The van der Waals surface area contributed by atoms with Crippen LogP contribution in [-0.4, -0.2) is 29.2 Å². The van der Waals surface area contributed by atoms with Gasteiger partial charge in [0.25, 0.3) is 0 Å². The second kappa shape index (κ2) is 7.40. The molecule has 4 nitrogen and oxygen atoms in total. The highest BCUT2D eigenvalue weighted by Gasteiger charge is 2.13. The first-order valence-electron chi connectivity index (χ1n) is 6.65. The Balaban J connectivity index is 2.05. The monoisotopic (exact) mass is 288 g/mol. The lowest BCUT2D eigenvalue weighted by Crippen LogP contribution is -2.36. The maximum Gasteiger partial charge on any atom is 0.322 e. The summed E-state index contributed by atoms with van der Waals surface area (Å²) in [5.74, 6) is -0.412. The highest BCUT2D eigenvalue weighted by molar-refractivity contribution is 5.89. The number of aliphatic hydroxyl groups excluding tert-OH is 1. The van der Waals surface area contributed by atoms with E-state index in [-0.39, 0.29) is 19.2 Å². The van der Waals surface area contributed by atoms with E-state index in [1.165, 1.54) is 23.1 Å². The van der Waals surface area contributed by atoms with E-state index in [9.17, 15) is 9.18 Å². The van der Waals surface area contributed by atoms with Gasteiger partial charge in [-0.2, -0.15) is 0 Å². The van der Waals surface area contributed by atoms with Crippen molar-refractivity contribution in [2.45, 2.75) is 6.54 Å². The Morgan fingerprint density at radius 2 is 1.90 bits per heavy atom. The molecule has 0 unspecified atom stereocenters. The summed E-state index contributed by atoms with van der Waals surface area (Å²) < 4.78 is 13.1. The molecule has 0 radical (unpaired) electrons. The highest BCUT2D eigenvalue weighted by Crippen LogP contribution is 2.11. The van der Waals surface area contributed by atoms with Crippen LogP contribution in [0.25, 0.3) is 0 Å². The smallest absolute Gasteiger partial charge is 0.322 e. The van der Waals surface area contributed by atoms with E-state index in [1.54, 1.807) is 6.07 Å². The largest absolute Gasteiger partial charge is 0.395 e. The summed E-state index contributed by atoms with van der Waals surface area (Å²) in [6, 6.07) is 14.8. The van der Waals surface area contributed by atoms with Crippen LogP contribution in [0.3, 0.4) is 0 Å². The molecule has 0 atom stereocenters. The van der Waals surface area contributed by atoms with Gasteiger partial charge in [-0.15, -0.1) is 0 Å². The molecule has 110 valence electrons. The molecule has 2 rings (SSSR count). The minimum absolute atomic E-state index is 0.136. The Morgan fingerprint density at radius 3 is 2.57 bits per heavy atom. The number of hydrogen-bond acceptors (Lipinski definition) is 2. The fourth-order valence-electron chi connectivity index (χ4n) is 1.95. The molecule has 2 N–H and O–H groups in total. The van der Waals surface area contributed by atoms with Gasteiger partial charge < -0.3 is 15.3 Å². The third-order valence-corrected chi connectivity index (χ3v) is 2.95. The number of benzene rings is 2. The Hall–Kier alpha value is -2.40. The molecule has 0 bridgehead atoms. The second-order valence-electron chi connectivity index (χ2n) is 4.57. The third kappa shape index (κ3) is 4.57. The first-order chi connectivity index (χ1) is 10.2. The van der Waals surface area contributed by atoms with Gasteiger partial charge in [0.15, 0.2) is 0 Å². The minimum Gasteiger partial charge on any atom is -0.395 e. The molecule has 0 aliphatic heterocycles. The molecule has 2 aromatic rings. The van der Waals surface area contributed by atoms with E-state index in [0.717, 1.165) is 5.56 Å². The number of aliphatic hydroxyl groups is 1. The number of halogens is 1. The molecular weight excluding hydrogens is 271 g/mol. The van der Waals surface area contributed by atoms with E-state index in [1.807, 2.05) is 30.3 Å². The van der Waals surface area contributed by atoms with Crippen LogP contribution in [0.4, 0.5) is 14.9 Å². The lowest BCUT2D eigenvalue weighted by molar-refractivity contribution is 0.185. The summed E-state index contributed by atoms with van der Waals surface area (Å²) >= 11 is 0. The van der Waals surface area contributed by atoms with Gasteiger partial charge in [-0.05, 0) is 23.8 Å². The molecule has 0 heterocycles. The molecule has 0 aliphatic carbocycles. The molecular formula is C16H17FN2O2. The summed E-state index contributed by atoms with van der Waals surface area (Å²) in [6.45, 7) is 0.446. The molecule has 5 heteroatoms. The number of anilines is 1. The lowest BCUT2D eigenvalue weighted by Gasteiger charge is -2.22. The van der Waals surface area contributed by atoms with E-state index in [4.69, 9.17) is 5.11 Å². The molecule has 21 heavy (non-hydrogen) atoms. The predicted molar refractivity (Wildman–Crippen MR) is 79.4 cm³/mol. The molecule has 2 amide bonds. The van der Waals surface area contributed by atoms with Crippen molar-refractivity contribution in [1.82, 2.24) is 4.90 Å². The van der Waals surface area contributed by atoms with Gasteiger partial charge in [0, 0.05) is 18.8 Å². The molecule has 0 aliphatic rings. The quantitative estimate of drug-likeness (QED) is 0.889. The van der Waals surface area contributed by atoms with Crippen LogP contribution in [-0.2, 0) is 6.54 Å². The molecule has 0 saturated carbocycles. The lowest BCUT2D eigenvalue weighted by atomic mass is 10.2.